The Bertz CT molecular complexity index is 1050. The van der Waals surface area contributed by atoms with Crippen LogP contribution >= 0.6 is 0 Å². The summed E-state index contributed by atoms with van der Waals surface area (Å²) in [5.74, 6) is -0.0503. The number of sulfonamides is 1. The number of nitrogens with zero attached hydrogens (tertiary/aromatic N) is 1. The maximum atomic E-state index is 13.1. The molecule has 0 spiro atoms. The van der Waals surface area contributed by atoms with Gasteiger partial charge in [0, 0.05) is 13.1 Å². The van der Waals surface area contributed by atoms with Gasteiger partial charge in [0.25, 0.3) is 0 Å². The number of amides is 2. The van der Waals surface area contributed by atoms with E-state index in [2.05, 4.69) is 10.6 Å². The fraction of sp³-hybridized carbons (Fsp3) is 0.500. The lowest BCUT2D eigenvalue weighted by atomic mass is 9.95. The van der Waals surface area contributed by atoms with Crippen molar-refractivity contribution < 1.29 is 27.2 Å². The van der Waals surface area contributed by atoms with Crippen molar-refractivity contribution in [2.24, 2.45) is 11.8 Å². The number of furan rings is 1. The van der Waals surface area contributed by atoms with Gasteiger partial charge in [0.2, 0.25) is 21.8 Å². The molecule has 9 nitrogen and oxygen atoms in total. The molecule has 0 unspecified atom stereocenters. The van der Waals surface area contributed by atoms with Crippen LogP contribution < -0.4 is 15.4 Å². The van der Waals surface area contributed by atoms with Gasteiger partial charge >= 0.3 is 0 Å². The van der Waals surface area contributed by atoms with Crippen LogP contribution in [-0.4, -0.2) is 50.8 Å². The van der Waals surface area contributed by atoms with Crippen LogP contribution in [0.25, 0.3) is 0 Å². The smallest absolute Gasteiger partial charge is 0.243 e. The van der Waals surface area contributed by atoms with Gasteiger partial charge in [-0.15, -0.1) is 0 Å². The minimum Gasteiger partial charge on any atom is -0.497 e. The number of rotatable bonds is 10. The van der Waals surface area contributed by atoms with Gasteiger partial charge in [-0.1, -0.05) is 20.3 Å². The van der Waals surface area contributed by atoms with E-state index in [0.717, 1.165) is 0 Å². The number of hydrogen-bond donors (Lipinski definition) is 2. The van der Waals surface area contributed by atoms with E-state index in [1.165, 1.54) is 29.8 Å². The van der Waals surface area contributed by atoms with Crippen molar-refractivity contribution in [1.82, 2.24) is 14.9 Å². The van der Waals surface area contributed by atoms with E-state index in [4.69, 9.17) is 9.15 Å². The second-order valence-electron chi connectivity index (χ2n) is 8.55. The van der Waals surface area contributed by atoms with Crippen LogP contribution in [-0.2, 0) is 26.2 Å². The highest BCUT2D eigenvalue weighted by Gasteiger charge is 2.35. The summed E-state index contributed by atoms with van der Waals surface area (Å²) in [5.41, 5.74) is 0. The highest BCUT2D eigenvalue weighted by Crippen LogP contribution is 2.25. The van der Waals surface area contributed by atoms with E-state index >= 15 is 0 Å². The molecule has 186 valence electrons. The summed E-state index contributed by atoms with van der Waals surface area (Å²) < 4.78 is 37.9. The molecule has 3 atom stereocenters. The molecule has 2 N–H and O–H groups in total. The number of nitrogens with one attached hydrogen (secondary N) is 2. The zero-order chi connectivity index (χ0) is 24.7. The lowest BCUT2D eigenvalue weighted by Crippen LogP contribution is -2.53. The molecule has 0 radical (unpaired) electrons. The molecule has 1 fully saturated rings. The maximum absolute atomic E-state index is 13.1. The van der Waals surface area contributed by atoms with E-state index in [0.29, 0.717) is 37.3 Å². The Kier molecular flexibility index (Phi) is 8.73. The predicted molar refractivity (Wildman–Crippen MR) is 126 cm³/mol. The zero-order valence-electron chi connectivity index (χ0n) is 19.8. The molecule has 1 aromatic heterocycles. The number of piperidine rings is 1. The monoisotopic (exact) mass is 491 g/mol. The quantitative estimate of drug-likeness (QED) is 0.527. The molecule has 10 heteroatoms. The highest BCUT2D eigenvalue weighted by molar-refractivity contribution is 7.89. The number of carbonyl (C=O) groups excluding carboxylic acids is 2. The van der Waals surface area contributed by atoms with Crippen molar-refractivity contribution in [1.29, 1.82) is 0 Å². The van der Waals surface area contributed by atoms with Crippen LogP contribution in [0.4, 0.5) is 0 Å². The highest BCUT2D eigenvalue weighted by atomic mass is 32.2. The molecular weight excluding hydrogens is 458 g/mol. The second kappa shape index (κ2) is 11.5. The van der Waals surface area contributed by atoms with Crippen LogP contribution in [0.2, 0.25) is 0 Å². The number of hydrogen-bond acceptors (Lipinski definition) is 6. The lowest BCUT2D eigenvalue weighted by Gasteiger charge is -2.32. The van der Waals surface area contributed by atoms with E-state index in [1.807, 2.05) is 13.8 Å². The van der Waals surface area contributed by atoms with Gasteiger partial charge < -0.3 is 19.8 Å². The third kappa shape index (κ3) is 6.18. The second-order valence-corrected chi connectivity index (χ2v) is 10.5. The predicted octanol–water partition coefficient (Wildman–Crippen LogP) is 2.54. The lowest BCUT2D eigenvalue weighted by molar-refractivity contribution is -0.133. The summed E-state index contributed by atoms with van der Waals surface area (Å²) >= 11 is 0. The average molecular weight is 492 g/mol. The van der Waals surface area contributed by atoms with Gasteiger partial charge in [-0.3, -0.25) is 9.59 Å². The maximum Gasteiger partial charge on any atom is 0.243 e. The summed E-state index contributed by atoms with van der Waals surface area (Å²) in [6.45, 7) is 4.50. The molecule has 0 bridgehead atoms. The van der Waals surface area contributed by atoms with Crippen LogP contribution in [0.1, 0.15) is 38.9 Å². The number of benzene rings is 1. The van der Waals surface area contributed by atoms with Crippen molar-refractivity contribution in [3.8, 4) is 5.75 Å². The van der Waals surface area contributed by atoms with Crippen LogP contribution in [0.15, 0.2) is 52.0 Å². The summed E-state index contributed by atoms with van der Waals surface area (Å²) in [7, 11) is -2.23. The van der Waals surface area contributed by atoms with E-state index < -0.39 is 22.0 Å². The standard InChI is InChI=1S/C24H33N3O6S/c1-4-17(2)22(24(29)25-15-20-8-6-14-33-20)26-23(28)18-7-5-13-27(16-18)34(30,31)21-11-9-19(32-3)10-12-21/h6,8-12,14,17-18,22H,4-5,7,13,15-16H2,1-3H3,(H,25,29)(H,26,28)/t17-,18-,22-/m0/s1. The molecule has 2 aromatic rings. The van der Waals surface area contributed by atoms with Crippen molar-refractivity contribution in [3.63, 3.8) is 0 Å². The minimum atomic E-state index is -3.74. The molecule has 0 saturated carbocycles. The van der Waals surface area contributed by atoms with Gasteiger partial charge in [0.15, 0.2) is 0 Å². The average Bonchev–Trinajstić information content (AvgIpc) is 3.39. The van der Waals surface area contributed by atoms with Crippen LogP contribution in [0, 0.1) is 11.8 Å². The Hall–Kier alpha value is -2.85. The fourth-order valence-electron chi connectivity index (χ4n) is 3.94. The molecular formula is C24H33N3O6S. The third-order valence-corrected chi connectivity index (χ3v) is 8.14. The molecule has 2 heterocycles. The van der Waals surface area contributed by atoms with Crippen molar-refractivity contribution >= 4 is 21.8 Å². The Morgan fingerprint density at radius 1 is 1.24 bits per heavy atom. The SMILES string of the molecule is CC[C@H](C)[C@H](NC(=O)[C@H]1CCCN(S(=O)(=O)c2ccc(OC)cc2)C1)C(=O)NCc1ccco1. The third-order valence-electron chi connectivity index (χ3n) is 6.26. The Morgan fingerprint density at radius 2 is 1.97 bits per heavy atom. The van der Waals surface area contributed by atoms with Crippen molar-refractivity contribution in [2.75, 3.05) is 20.2 Å². The van der Waals surface area contributed by atoms with E-state index in [1.54, 1.807) is 24.3 Å². The van der Waals surface area contributed by atoms with Gasteiger partial charge in [-0.05, 0) is 55.2 Å². The molecule has 1 saturated heterocycles. The summed E-state index contributed by atoms with van der Waals surface area (Å²) in [4.78, 5) is 26.1. The first-order chi connectivity index (χ1) is 16.3. The number of carbonyl (C=O) groups is 2. The zero-order valence-corrected chi connectivity index (χ0v) is 20.6. The normalized spacial score (nSPS) is 18.6. The molecule has 1 aromatic carbocycles. The largest absolute Gasteiger partial charge is 0.497 e. The Morgan fingerprint density at radius 3 is 2.59 bits per heavy atom. The van der Waals surface area contributed by atoms with E-state index in [-0.39, 0.29) is 35.7 Å². The molecule has 1 aliphatic rings. The summed E-state index contributed by atoms with van der Waals surface area (Å²) in [5, 5.41) is 5.68. The Labute approximate surface area is 200 Å². The topological polar surface area (TPSA) is 118 Å². The number of ether oxygens (including phenoxy) is 1. The molecule has 2 amide bonds. The fourth-order valence-corrected chi connectivity index (χ4v) is 5.47. The first-order valence-electron chi connectivity index (χ1n) is 11.5. The van der Waals surface area contributed by atoms with Crippen molar-refractivity contribution in [2.45, 2.75) is 50.6 Å². The van der Waals surface area contributed by atoms with Crippen LogP contribution in [0.3, 0.4) is 0 Å². The van der Waals surface area contributed by atoms with Crippen LogP contribution in [0.5, 0.6) is 5.75 Å². The molecule has 1 aliphatic heterocycles. The minimum absolute atomic E-state index is 0.0709. The van der Waals surface area contributed by atoms with E-state index in [9.17, 15) is 18.0 Å². The Balaban J connectivity index is 1.66. The summed E-state index contributed by atoms with van der Waals surface area (Å²) in [6, 6.07) is 8.97. The van der Waals surface area contributed by atoms with Gasteiger partial charge in [0.1, 0.15) is 17.6 Å². The van der Waals surface area contributed by atoms with Gasteiger partial charge in [-0.25, -0.2) is 8.42 Å². The van der Waals surface area contributed by atoms with Gasteiger partial charge in [0.05, 0.1) is 30.7 Å². The first kappa shape index (κ1) is 25.8. The number of methoxy groups -OCH3 is 1. The van der Waals surface area contributed by atoms with Gasteiger partial charge in [-0.2, -0.15) is 4.31 Å². The molecule has 3 rings (SSSR count). The van der Waals surface area contributed by atoms with Crippen molar-refractivity contribution in [3.05, 3.63) is 48.4 Å². The molecule has 0 aliphatic carbocycles. The first-order valence-corrected chi connectivity index (χ1v) is 12.9. The summed E-state index contributed by atoms with van der Waals surface area (Å²) in [6.07, 6.45) is 3.35. The molecule has 34 heavy (non-hydrogen) atoms.